The van der Waals surface area contributed by atoms with E-state index in [-0.39, 0.29) is 24.5 Å². The number of rotatable bonds is 10. The molecular formula is C26H33ClN2O4. The van der Waals surface area contributed by atoms with Crippen LogP contribution in [0.1, 0.15) is 51.0 Å². The van der Waals surface area contributed by atoms with E-state index >= 15 is 0 Å². The summed E-state index contributed by atoms with van der Waals surface area (Å²) in [5.74, 6) is 0.897. The first-order valence-electron chi connectivity index (χ1n) is 11.6. The van der Waals surface area contributed by atoms with E-state index in [1.165, 1.54) is 6.42 Å². The van der Waals surface area contributed by atoms with Gasteiger partial charge in [-0.2, -0.15) is 0 Å². The third-order valence-electron chi connectivity index (χ3n) is 6.01. The van der Waals surface area contributed by atoms with Gasteiger partial charge in [0.1, 0.15) is 17.5 Å². The molecule has 0 radical (unpaired) electrons. The van der Waals surface area contributed by atoms with Crippen molar-refractivity contribution in [1.29, 1.82) is 0 Å². The molecule has 33 heavy (non-hydrogen) atoms. The van der Waals surface area contributed by atoms with Crippen LogP contribution in [0.25, 0.3) is 0 Å². The maximum atomic E-state index is 13.3. The molecule has 1 fully saturated rings. The first-order chi connectivity index (χ1) is 16.0. The normalized spacial score (nSPS) is 14.9. The summed E-state index contributed by atoms with van der Waals surface area (Å²) < 4.78 is 10.9. The van der Waals surface area contributed by atoms with Crippen LogP contribution in [0.2, 0.25) is 5.02 Å². The van der Waals surface area contributed by atoms with E-state index in [4.69, 9.17) is 21.1 Å². The molecule has 2 amide bonds. The van der Waals surface area contributed by atoms with Crippen LogP contribution in [0.3, 0.4) is 0 Å². The first kappa shape index (κ1) is 24.9. The fraction of sp³-hybridized carbons (Fsp3) is 0.462. The van der Waals surface area contributed by atoms with Gasteiger partial charge in [0.2, 0.25) is 5.91 Å². The molecule has 1 aliphatic carbocycles. The number of methoxy groups -OCH3 is 1. The Bertz CT molecular complexity index is 913. The smallest absolute Gasteiger partial charge is 0.261 e. The number of benzene rings is 2. The quantitative estimate of drug-likeness (QED) is 0.529. The van der Waals surface area contributed by atoms with Crippen LogP contribution in [0, 0.1) is 0 Å². The number of halogens is 1. The second-order valence-electron chi connectivity index (χ2n) is 8.38. The molecule has 1 atom stereocenters. The molecule has 0 unspecified atom stereocenters. The predicted molar refractivity (Wildman–Crippen MR) is 130 cm³/mol. The highest BCUT2D eigenvalue weighted by Crippen LogP contribution is 2.21. The number of ether oxygens (including phenoxy) is 2. The average molecular weight is 473 g/mol. The maximum Gasteiger partial charge on any atom is 0.261 e. The summed E-state index contributed by atoms with van der Waals surface area (Å²) in [5.41, 5.74) is 0.913. The second-order valence-corrected chi connectivity index (χ2v) is 8.82. The van der Waals surface area contributed by atoms with Crippen molar-refractivity contribution < 1.29 is 19.1 Å². The summed E-state index contributed by atoms with van der Waals surface area (Å²) >= 11 is 6.02. The van der Waals surface area contributed by atoms with Crippen molar-refractivity contribution in [2.24, 2.45) is 0 Å². The van der Waals surface area contributed by atoms with Crippen LogP contribution >= 0.6 is 11.6 Å². The third kappa shape index (κ3) is 7.39. The van der Waals surface area contributed by atoms with Gasteiger partial charge in [0.15, 0.2) is 6.61 Å². The molecule has 1 aliphatic rings. The lowest BCUT2D eigenvalue weighted by Gasteiger charge is -2.32. The van der Waals surface area contributed by atoms with Gasteiger partial charge in [0.25, 0.3) is 5.91 Å². The van der Waals surface area contributed by atoms with Gasteiger partial charge in [-0.05, 0) is 55.2 Å². The molecular weight excluding hydrogens is 440 g/mol. The number of carbonyl (C=O) groups excluding carboxylic acids is 2. The Kier molecular flexibility index (Phi) is 9.43. The fourth-order valence-corrected chi connectivity index (χ4v) is 4.36. The van der Waals surface area contributed by atoms with Gasteiger partial charge in [-0.1, -0.05) is 56.0 Å². The minimum atomic E-state index is -0.579. The SMILES string of the molecule is CC[C@H](C(=O)NC1CCCCC1)N(Cc1ccc(OC)cc1)C(=O)COc1cccc(Cl)c1. The van der Waals surface area contributed by atoms with Crippen LogP contribution in [0.5, 0.6) is 11.5 Å². The minimum absolute atomic E-state index is 0.103. The summed E-state index contributed by atoms with van der Waals surface area (Å²) in [4.78, 5) is 28.1. The minimum Gasteiger partial charge on any atom is -0.497 e. The zero-order chi connectivity index (χ0) is 23.6. The molecule has 0 heterocycles. The Balaban J connectivity index is 1.75. The van der Waals surface area contributed by atoms with Crippen molar-refractivity contribution in [2.45, 2.75) is 64.1 Å². The maximum absolute atomic E-state index is 13.3. The van der Waals surface area contributed by atoms with Gasteiger partial charge in [0, 0.05) is 17.6 Å². The topological polar surface area (TPSA) is 67.9 Å². The number of amides is 2. The van der Waals surface area contributed by atoms with E-state index in [0.29, 0.717) is 23.7 Å². The monoisotopic (exact) mass is 472 g/mol. The van der Waals surface area contributed by atoms with Gasteiger partial charge in [0.05, 0.1) is 7.11 Å². The van der Waals surface area contributed by atoms with Crippen LogP contribution < -0.4 is 14.8 Å². The first-order valence-corrected chi connectivity index (χ1v) is 12.0. The van der Waals surface area contributed by atoms with E-state index in [1.807, 2.05) is 31.2 Å². The summed E-state index contributed by atoms with van der Waals surface area (Å²) in [7, 11) is 1.61. The fourth-order valence-electron chi connectivity index (χ4n) is 4.18. The highest BCUT2D eigenvalue weighted by Gasteiger charge is 2.30. The van der Waals surface area contributed by atoms with Crippen molar-refractivity contribution in [3.05, 3.63) is 59.1 Å². The number of nitrogens with zero attached hydrogens (tertiary/aromatic N) is 1. The average Bonchev–Trinajstić information content (AvgIpc) is 2.83. The van der Waals surface area contributed by atoms with Gasteiger partial charge < -0.3 is 19.7 Å². The largest absolute Gasteiger partial charge is 0.497 e. The molecule has 1 saturated carbocycles. The number of hydrogen-bond acceptors (Lipinski definition) is 4. The van der Waals surface area contributed by atoms with E-state index in [0.717, 1.165) is 37.0 Å². The third-order valence-corrected chi connectivity index (χ3v) is 6.24. The van der Waals surface area contributed by atoms with Crippen molar-refractivity contribution in [1.82, 2.24) is 10.2 Å². The predicted octanol–water partition coefficient (Wildman–Crippen LogP) is 4.98. The van der Waals surface area contributed by atoms with Crippen LogP contribution in [0.15, 0.2) is 48.5 Å². The molecule has 0 bridgehead atoms. The molecule has 1 N–H and O–H groups in total. The van der Waals surface area contributed by atoms with E-state index in [9.17, 15) is 9.59 Å². The van der Waals surface area contributed by atoms with E-state index in [1.54, 1.807) is 36.3 Å². The Morgan fingerprint density at radius 3 is 2.45 bits per heavy atom. The Morgan fingerprint density at radius 2 is 1.82 bits per heavy atom. The van der Waals surface area contributed by atoms with Crippen LogP contribution in [-0.2, 0) is 16.1 Å². The van der Waals surface area contributed by atoms with Crippen molar-refractivity contribution >= 4 is 23.4 Å². The molecule has 0 saturated heterocycles. The Labute approximate surface area is 201 Å². The number of hydrogen-bond donors (Lipinski definition) is 1. The molecule has 0 spiro atoms. The summed E-state index contributed by atoms with van der Waals surface area (Å²) in [6, 6.07) is 14.0. The summed E-state index contributed by atoms with van der Waals surface area (Å²) in [6.07, 6.45) is 5.97. The van der Waals surface area contributed by atoms with E-state index in [2.05, 4.69) is 5.32 Å². The molecule has 2 aromatic carbocycles. The molecule has 2 aromatic rings. The van der Waals surface area contributed by atoms with Gasteiger partial charge >= 0.3 is 0 Å². The van der Waals surface area contributed by atoms with E-state index < -0.39 is 6.04 Å². The standard InChI is InChI=1S/C26H33ClN2O4/c1-3-24(26(31)28-21-9-5-4-6-10-21)29(17-19-12-14-22(32-2)15-13-19)25(30)18-33-23-11-7-8-20(27)16-23/h7-8,11-16,21,24H,3-6,9-10,17-18H2,1-2H3,(H,28,31)/t24-/m1/s1. The van der Waals surface area contributed by atoms with Crippen LogP contribution in [-0.4, -0.2) is 42.5 Å². The molecule has 0 aromatic heterocycles. The van der Waals surface area contributed by atoms with Crippen molar-refractivity contribution in [3.63, 3.8) is 0 Å². The molecule has 6 nitrogen and oxygen atoms in total. The lowest BCUT2D eigenvalue weighted by atomic mass is 9.95. The zero-order valence-electron chi connectivity index (χ0n) is 19.4. The van der Waals surface area contributed by atoms with Crippen molar-refractivity contribution in [2.75, 3.05) is 13.7 Å². The van der Waals surface area contributed by atoms with Gasteiger partial charge in [-0.3, -0.25) is 9.59 Å². The number of nitrogens with one attached hydrogen (secondary N) is 1. The molecule has 7 heteroatoms. The number of carbonyl (C=O) groups is 2. The highest BCUT2D eigenvalue weighted by molar-refractivity contribution is 6.30. The van der Waals surface area contributed by atoms with Crippen LogP contribution in [0.4, 0.5) is 0 Å². The second kappa shape index (κ2) is 12.5. The van der Waals surface area contributed by atoms with Crippen molar-refractivity contribution in [3.8, 4) is 11.5 Å². The molecule has 3 rings (SSSR count). The summed E-state index contributed by atoms with van der Waals surface area (Å²) in [6.45, 7) is 2.05. The lowest BCUT2D eigenvalue weighted by Crippen LogP contribution is -2.52. The highest BCUT2D eigenvalue weighted by atomic mass is 35.5. The Hall–Kier alpha value is -2.73. The van der Waals surface area contributed by atoms with Gasteiger partial charge in [-0.15, -0.1) is 0 Å². The zero-order valence-corrected chi connectivity index (χ0v) is 20.1. The Morgan fingerprint density at radius 1 is 1.09 bits per heavy atom. The molecule has 0 aliphatic heterocycles. The van der Waals surface area contributed by atoms with Gasteiger partial charge in [-0.25, -0.2) is 0 Å². The molecule has 178 valence electrons. The lowest BCUT2D eigenvalue weighted by molar-refractivity contribution is -0.143. The summed E-state index contributed by atoms with van der Waals surface area (Å²) in [5, 5.41) is 3.71.